The van der Waals surface area contributed by atoms with Crippen LogP contribution in [-0.2, 0) is 4.74 Å². The van der Waals surface area contributed by atoms with Crippen molar-refractivity contribution >= 4 is 5.82 Å². The van der Waals surface area contributed by atoms with Crippen molar-refractivity contribution in [2.45, 2.75) is 18.4 Å². The Morgan fingerprint density at radius 1 is 1.37 bits per heavy atom. The molecule has 0 saturated carbocycles. The van der Waals surface area contributed by atoms with Crippen molar-refractivity contribution in [3.8, 4) is 6.07 Å². The quantitative estimate of drug-likeness (QED) is 0.811. The number of nitrogens with one attached hydrogen (secondary N) is 1. The maximum atomic E-state index is 8.81. The fourth-order valence-corrected chi connectivity index (χ4v) is 2.86. The molecule has 1 aromatic heterocycles. The number of aromatic nitrogens is 1. The predicted molar refractivity (Wildman–Crippen MR) is 72.0 cm³/mol. The highest BCUT2D eigenvalue weighted by Gasteiger charge is 2.38. The van der Waals surface area contributed by atoms with Gasteiger partial charge in [-0.3, -0.25) is 0 Å². The summed E-state index contributed by atoms with van der Waals surface area (Å²) in [7, 11) is 0. The average Bonchev–Trinajstić information content (AvgIpc) is 2.48. The van der Waals surface area contributed by atoms with Gasteiger partial charge in [-0.05, 0) is 38.1 Å². The van der Waals surface area contributed by atoms with Gasteiger partial charge in [-0.2, -0.15) is 5.26 Å². The lowest BCUT2D eigenvalue weighted by Crippen LogP contribution is -2.56. The number of rotatable bonds is 1. The monoisotopic (exact) mass is 258 g/mol. The Labute approximate surface area is 113 Å². The van der Waals surface area contributed by atoms with Crippen molar-refractivity contribution in [2.24, 2.45) is 0 Å². The van der Waals surface area contributed by atoms with E-state index in [1.807, 2.05) is 12.1 Å². The second-order valence-electron chi connectivity index (χ2n) is 5.22. The van der Waals surface area contributed by atoms with E-state index in [1.165, 1.54) is 0 Å². The molecule has 2 aliphatic rings. The Morgan fingerprint density at radius 2 is 2.21 bits per heavy atom. The van der Waals surface area contributed by atoms with Gasteiger partial charge < -0.3 is 15.0 Å². The van der Waals surface area contributed by atoms with E-state index in [0.717, 1.165) is 51.4 Å². The third-order valence-corrected chi connectivity index (χ3v) is 3.96. The van der Waals surface area contributed by atoms with Crippen LogP contribution in [0.4, 0.5) is 5.82 Å². The molecule has 1 spiro atoms. The zero-order valence-corrected chi connectivity index (χ0v) is 10.9. The number of hydrogen-bond donors (Lipinski definition) is 1. The molecule has 0 aromatic carbocycles. The van der Waals surface area contributed by atoms with Gasteiger partial charge in [-0.25, -0.2) is 4.98 Å². The van der Waals surface area contributed by atoms with Crippen molar-refractivity contribution in [2.75, 3.05) is 37.7 Å². The van der Waals surface area contributed by atoms with Crippen molar-refractivity contribution in [3.05, 3.63) is 23.9 Å². The smallest absolute Gasteiger partial charge is 0.128 e. The van der Waals surface area contributed by atoms with Crippen LogP contribution in [0.1, 0.15) is 18.4 Å². The number of morpholine rings is 1. The lowest BCUT2D eigenvalue weighted by atomic mass is 9.90. The van der Waals surface area contributed by atoms with E-state index in [4.69, 9.17) is 10.00 Å². The minimum Gasteiger partial charge on any atom is -0.371 e. The van der Waals surface area contributed by atoms with Crippen LogP contribution in [-0.4, -0.2) is 43.4 Å². The average molecular weight is 258 g/mol. The van der Waals surface area contributed by atoms with Crippen LogP contribution in [0.3, 0.4) is 0 Å². The number of anilines is 1. The normalized spacial score (nSPS) is 22.2. The summed E-state index contributed by atoms with van der Waals surface area (Å²) in [6, 6.07) is 5.86. The first-order chi connectivity index (χ1) is 9.31. The number of pyridine rings is 1. The van der Waals surface area contributed by atoms with Crippen LogP contribution < -0.4 is 10.2 Å². The third kappa shape index (κ3) is 2.55. The van der Waals surface area contributed by atoms with Gasteiger partial charge >= 0.3 is 0 Å². The second kappa shape index (κ2) is 5.16. The lowest BCUT2D eigenvalue weighted by Gasteiger charge is -2.45. The van der Waals surface area contributed by atoms with Gasteiger partial charge in [-0.1, -0.05) is 0 Å². The van der Waals surface area contributed by atoms with Crippen molar-refractivity contribution < 1.29 is 4.74 Å². The van der Waals surface area contributed by atoms with E-state index in [2.05, 4.69) is 21.3 Å². The third-order valence-electron chi connectivity index (χ3n) is 3.96. The number of piperidine rings is 1. The van der Waals surface area contributed by atoms with E-state index in [1.54, 1.807) is 6.20 Å². The molecule has 5 nitrogen and oxygen atoms in total. The molecule has 0 bridgehead atoms. The summed E-state index contributed by atoms with van der Waals surface area (Å²) in [5, 5.41) is 12.2. The Kier molecular flexibility index (Phi) is 3.36. The molecular weight excluding hydrogens is 240 g/mol. The summed E-state index contributed by atoms with van der Waals surface area (Å²) in [6.07, 6.45) is 3.75. The first kappa shape index (κ1) is 12.4. The second-order valence-corrected chi connectivity index (χ2v) is 5.22. The molecule has 0 aliphatic carbocycles. The van der Waals surface area contributed by atoms with Crippen LogP contribution in [0.15, 0.2) is 18.3 Å². The molecule has 0 unspecified atom stereocenters. The SMILES string of the molecule is N#Cc1ccc(N2CCOC3(CCNCC3)C2)nc1. The molecule has 0 radical (unpaired) electrons. The molecule has 3 rings (SSSR count). The van der Waals surface area contributed by atoms with Crippen LogP contribution in [0, 0.1) is 11.3 Å². The van der Waals surface area contributed by atoms with Crippen LogP contribution in [0.5, 0.6) is 0 Å². The highest BCUT2D eigenvalue weighted by Crippen LogP contribution is 2.29. The molecule has 1 aromatic rings. The van der Waals surface area contributed by atoms with Gasteiger partial charge in [0.25, 0.3) is 0 Å². The molecule has 0 amide bonds. The minimum absolute atomic E-state index is 0.0148. The van der Waals surface area contributed by atoms with Gasteiger partial charge in [0, 0.05) is 19.3 Å². The Balaban J connectivity index is 1.75. The van der Waals surface area contributed by atoms with Gasteiger partial charge in [0.1, 0.15) is 11.9 Å². The molecule has 2 aliphatic heterocycles. The minimum atomic E-state index is -0.0148. The molecule has 0 atom stereocenters. The van der Waals surface area contributed by atoms with Crippen LogP contribution >= 0.6 is 0 Å². The standard InChI is InChI=1S/C14H18N4O/c15-9-12-1-2-13(17-10-12)18-7-8-19-14(11-18)3-5-16-6-4-14/h1-2,10,16H,3-8,11H2. The van der Waals surface area contributed by atoms with Crippen LogP contribution in [0.2, 0.25) is 0 Å². The van der Waals surface area contributed by atoms with Crippen LogP contribution in [0.25, 0.3) is 0 Å². The van der Waals surface area contributed by atoms with E-state index < -0.39 is 0 Å². The highest BCUT2D eigenvalue weighted by molar-refractivity contribution is 5.42. The molecule has 100 valence electrons. The van der Waals surface area contributed by atoms with E-state index in [9.17, 15) is 0 Å². The maximum absolute atomic E-state index is 8.81. The molecule has 1 N–H and O–H groups in total. The molecule has 5 heteroatoms. The molecule has 3 heterocycles. The zero-order valence-electron chi connectivity index (χ0n) is 10.9. The van der Waals surface area contributed by atoms with Gasteiger partial charge in [0.15, 0.2) is 0 Å². The van der Waals surface area contributed by atoms with Gasteiger partial charge in [0.05, 0.1) is 17.8 Å². The number of nitrogens with zero attached hydrogens (tertiary/aromatic N) is 3. The Bertz CT molecular complexity index is 468. The first-order valence-corrected chi connectivity index (χ1v) is 6.77. The predicted octanol–water partition coefficient (Wildman–Crippen LogP) is 0.912. The summed E-state index contributed by atoms with van der Waals surface area (Å²) < 4.78 is 6.04. The van der Waals surface area contributed by atoms with Crippen molar-refractivity contribution in [1.29, 1.82) is 5.26 Å². The Morgan fingerprint density at radius 3 is 2.89 bits per heavy atom. The summed E-state index contributed by atoms with van der Waals surface area (Å²) in [5.74, 6) is 0.945. The van der Waals surface area contributed by atoms with E-state index in [0.29, 0.717) is 5.56 Å². The molecule has 2 fully saturated rings. The van der Waals surface area contributed by atoms with Crippen molar-refractivity contribution in [1.82, 2.24) is 10.3 Å². The largest absolute Gasteiger partial charge is 0.371 e. The molecule has 19 heavy (non-hydrogen) atoms. The summed E-state index contributed by atoms with van der Waals surface area (Å²) in [5.41, 5.74) is 0.590. The topological polar surface area (TPSA) is 61.2 Å². The zero-order chi connectivity index (χ0) is 13.1. The number of hydrogen-bond acceptors (Lipinski definition) is 5. The molecular formula is C14H18N4O. The first-order valence-electron chi connectivity index (χ1n) is 6.77. The fourth-order valence-electron chi connectivity index (χ4n) is 2.86. The van der Waals surface area contributed by atoms with E-state index in [-0.39, 0.29) is 5.60 Å². The summed E-state index contributed by atoms with van der Waals surface area (Å²) in [4.78, 5) is 6.66. The summed E-state index contributed by atoms with van der Waals surface area (Å²) in [6.45, 7) is 4.56. The van der Waals surface area contributed by atoms with E-state index >= 15 is 0 Å². The summed E-state index contributed by atoms with van der Waals surface area (Å²) >= 11 is 0. The van der Waals surface area contributed by atoms with Gasteiger partial charge in [0.2, 0.25) is 0 Å². The van der Waals surface area contributed by atoms with Crippen molar-refractivity contribution in [3.63, 3.8) is 0 Å². The molecule has 2 saturated heterocycles. The maximum Gasteiger partial charge on any atom is 0.128 e. The van der Waals surface area contributed by atoms with Gasteiger partial charge in [-0.15, -0.1) is 0 Å². The number of nitriles is 1. The number of ether oxygens (including phenoxy) is 1. The Hall–Kier alpha value is -1.64. The highest BCUT2D eigenvalue weighted by atomic mass is 16.5. The lowest BCUT2D eigenvalue weighted by molar-refractivity contribution is -0.0740. The fraction of sp³-hybridized carbons (Fsp3) is 0.571.